The molecule has 1 aromatic carbocycles. The number of hydrogen-bond acceptors (Lipinski definition) is 3. The van der Waals surface area contributed by atoms with Crippen molar-refractivity contribution in [2.24, 2.45) is 0 Å². The number of unbranched alkanes of at least 4 members (excludes halogenated alkanes) is 3. The van der Waals surface area contributed by atoms with Crippen molar-refractivity contribution in [3.8, 4) is 0 Å². The van der Waals surface area contributed by atoms with E-state index in [0.717, 1.165) is 18.4 Å². The van der Waals surface area contributed by atoms with E-state index in [0.29, 0.717) is 19.6 Å². The van der Waals surface area contributed by atoms with Gasteiger partial charge >= 0.3 is 5.97 Å². The van der Waals surface area contributed by atoms with E-state index in [1.54, 1.807) is 0 Å². The molecule has 0 heterocycles. The van der Waals surface area contributed by atoms with Crippen molar-refractivity contribution in [1.82, 2.24) is 0 Å². The van der Waals surface area contributed by atoms with Crippen molar-refractivity contribution in [3.63, 3.8) is 0 Å². The Morgan fingerprint density at radius 2 is 1.91 bits per heavy atom. The van der Waals surface area contributed by atoms with Gasteiger partial charge in [0.1, 0.15) is 6.61 Å². The highest BCUT2D eigenvalue weighted by atomic mass is 16.5. The second-order valence-electron chi connectivity index (χ2n) is 5.04. The fraction of sp³-hybridized carbons (Fsp3) is 0.526. The first-order valence-electron chi connectivity index (χ1n) is 8.16. The lowest BCUT2D eigenvalue weighted by molar-refractivity contribution is -0.144. The molecule has 1 rings (SSSR count). The molecule has 1 N–H and O–H groups in total. The Hall–Kier alpha value is -1.61. The molecule has 0 aromatic heterocycles. The maximum Gasteiger partial charge on any atom is 0.306 e. The Morgan fingerprint density at radius 1 is 1.18 bits per heavy atom. The molecule has 0 spiro atoms. The van der Waals surface area contributed by atoms with Gasteiger partial charge in [0.15, 0.2) is 0 Å². The summed E-state index contributed by atoms with van der Waals surface area (Å²) in [7, 11) is 0. The van der Waals surface area contributed by atoms with E-state index in [-0.39, 0.29) is 5.97 Å². The van der Waals surface area contributed by atoms with E-state index in [2.05, 4.69) is 6.92 Å². The van der Waals surface area contributed by atoms with Gasteiger partial charge < -0.3 is 9.84 Å². The summed E-state index contributed by atoms with van der Waals surface area (Å²) >= 11 is 0. The lowest BCUT2D eigenvalue weighted by Crippen LogP contribution is -2.03. The molecule has 0 aliphatic rings. The molecule has 0 aliphatic heterocycles. The summed E-state index contributed by atoms with van der Waals surface area (Å²) < 4.78 is 5.10. The molecule has 3 heteroatoms. The molecule has 0 saturated heterocycles. The van der Waals surface area contributed by atoms with Crippen LogP contribution in [0.1, 0.15) is 57.9 Å². The summed E-state index contributed by atoms with van der Waals surface area (Å²) in [6.45, 7) is 4.84. The molecule has 0 atom stereocenters. The summed E-state index contributed by atoms with van der Waals surface area (Å²) in [5, 5.41) is 8.29. The van der Waals surface area contributed by atoms with Crippen LogP contribution in [0.3, 0.4) is 0 Å². The Morgan fingerprint density at radius 3 is 2.50 bits per heavy atom. The zero-order chi connectivity index (χ0) is 16.5. The van der Waals surface area contributed by atoms with Gasteiger partial charge in [0.05, 0.1) is 0 Å². The van der Waals surface area contributed by atoms with Crippen LogP contribution in [0.4, 0.5) is 0 Å². The first-order valence-corrected chi connectivity index (χ1v) is 8.16. The van der Waals surface area contributed by atoms with E-state index < -0.39 is 0 Å². The van der Waals surface area contributed by atoms with E-state index >= 15 is 0 Å². The number of benzene rings is 1. The van der Waals surface area contributed by atoms with Crippen LogP contribution in [0.15, 0.2) is 42.5 Å². The Balaban J connectivity index is 0.000000534. The number of carbonyl (C=O) groups is 1. The number of hydrogen-bond donors (Lipinski definition) is 1. The fourth-order valence-electron chi connectivity index (χ4n) is 1.72. The minimum Gasteiger partial charge on any atom is -0.461 e. The van der Waals surface area contributed by atoms with Gasteiger partial charge in [-0.25, -0.2) is 0 Å². The zero-order valence-electron chi connectivity index (χ0n) is 14.0. The molecule has 22 heavy (non-hydrogen) atoms. The monoisotopic (exact) mass is 306 g/mol. The number of esters is 1. The largest absolute Gasteiger partial charge is 0.461 e. The second-order valence-corrected chi connectivity index (χ2v) is 5.04. The van der Waals surface area contributed by atoms with E-state index in [9.17, 15) is 4.79 Å². The molecule has 0 saturated carbocycles. The highest BCUT2D eigenvalue weighted by molar-refractivity contribution is 5.69. The van der Waals surface area contributed by atoms with Gasteiger partial charge in [-0.2, -0.15) is 0 Å². The third kappa shape index (κ3) is 13.4. The van der Waals surface area contributed by atoms with Crippen LogP contribution >= 0.6 is 0 Å². The van der Waals surface area contributed by atoms with Gasteiger partial charge in [-0.1, -0.05) is 68.7 Å². The summed E-state index contributed by atoms with van der Waals surface area (Å²) in [6, 6.07) is 9.70. The molecule has 0 bridgehead atoms. The minimum absolute atomic E-state index is 0.142. The summed E-state index contributed by atoms with van der Waals surface area (Å²) in [4.78, 5) is 11.2. The van der Waals surface area contributed by atoms with Crippen LogP contribution in [0.25, 0.3) is 0 Å². The van der Waals surface area contributed by atoms with Crippen LogP contribution in [0.5, 0.6) is 0 Å². The Labute approximate surface area is 135 Å². The first-order chi connectivity index (χ1) is 10.7. The predicted octanol–water partition coefficient (Wildman–Crippen LogP) is 4.65. The van der Waals surface area contributed by atoms with Crippen LogP contribution in [-0.4, -0.2) is 17.7 Å². The zero-order valence-corrected chi connectivity index (χ0v) is 14.0. The highest BCUT2D eigenvalue weighted by Gasteiger charge is 2.00. The van der Waals surface area contributed by atoms with Crippen LogP contribution < -0.4 is 0 Å². The van der Waals surface area contributed by atoms with Crippen molar-refractivity contribution in [2.45, 2.75) is 59.0 Å². The molecule has 0 unspecified atom stereocenters. The predicted molar refractivity (Wildman–Crippen MR) is 91.5 cm³/mol. The van der Waals surface area contributed by atoms with Gasteiger partial charge in [0, 0.05) is 13.0 Å². The van der Waals surface area contributed by atoms with Crippen molar-refractivity contribution in [2.75, 3.05) is 6.61 Å². The third-order valence-electron chi connectivity index (χ3n) is 3.01. The van der Waals surface area contributed by atoms with Gasteiger partial charge in [-0.15, -0.1) is 0 Å². The first kappa shape index (κ1) is 20.4. The highest BCUT2D eigenvalue weighted by Crippen LogP contribution is 2.02. The number of aliphatic hydroxyl groups excluding tert-OH is 1. The molecule has 0 amide bonds. The van der Waals surface area contributed by atoms with Crippen LogP contribution in [-0.2, 0) is 16.1 Å². The fourth-order valence-corrected chi connectivity index (χ4v) is 1.72. The van der Waals surface area contributed by atoms with Gasteiger partial charge in [0.25, 0.3) is 0 Å². The SMILES string of the molecule is C/C=C/CCC(=O)OCc1ccccc1.CCCCCCO. The number of aliphatic hydroxyl groups is 1. The molecule has 0 aliphatic carbocycles. The average molecular weight is 306 g/mol. The van der Waals surface area contributed by atoms with Crippen molar-refractivity contribution < 1.29 is 14.6 Å². The smallest absolute Gasteiger partial charge is 0.306 e. The minimum atomic E-state index is -0.142. The Bertz CT molecular complexity index is 381. The van der Waals surface area contributed by atoms with Crippen LogP contribution in [0, 0.1) is 0 Å². The Kier molecular flexibility index (Phi) is 14.6. The van der Waals surface area contributed by atoms with Crippen molar-refractivity contribution in [1.29, 1.82) is 0 Å². The van der Waals surface area contributed by atoms with Crippen LogP contribution in [0.2, 0.25) is 0 Å². The topological polar surface area (TPSA) is 46.5 Å². The third-order valence-corrected chi connectivity index (χ3v) is 3.01. The lowest BCUT2D eigenvalue weighted by Gasteiger charge is -2.03. The number of rotatable bonds is 9. The van der Waals surface area contributed by atoms with Gasteiger partial charge in [-0.05, 0) is 25.3 Å². The molecule has 3 nitrogen and oxygen atoms in total. The number of allylic oxidation sites excluding steroid dienone is 2. The van der Waals surface area contributed by atoms with Gasteiger partial charge in [0.2, 0.25) is 0 Å². The van der Waals surface area contributed by atoms with Crippen molar-refractivity contribution >= 4 is 5.97 Å². The van der Waals surface area contributed by atoms with E-state index in [1.807, 2.05) is 49.4 Å². The number of ether oxygens (including phenoxy) is 1. The maximum absolute atomic E-state index is 11.2. The average Bonchev–Trinajstić information content (AvgIpc) is 2.55. The van der Waals surface area contributed by atoms with E-state index in [1.165, 1.54) is 19.3 Å². The lowest BCUT2D eigenvalue weighted by atomic mass is 10.2. The molecule has 1 aromatic rings. The standard InChI is InChI=1S/C13H16O2.C6H14O/c1-2-3-5-10-13(14)15-11-12-8-6-4-7-9-12;1-2-3-4-5-6-7/h2-4,6-9H,5,10-11H2,1H3;7H,2-6H2,1H3/b3-2+;. The molecular formula is C19H30O3. The molecular weight excluding hydrogens is 276 g/mol. The molecule has 0 radical (unpaired) electrons. The second kappa shape index (κ2) is 15.8. The molecule has 0 fully saturated rings. The quantitative estimate of drug-likeness (QED) is 0.410. The van der Waals surface area contributed by atoms with Crippen molar-refractivity contribution in [3.05, 3.63) is 48.0 Å². The van der Waals surface area contributed by atoms with Gasteiger partial charge in [-0.3, -0.25) is 4.79 Å². The summed E-state index contributed by atoms with van der Waals surface area (Å²) in [5.41, 5.74) is 1.02. The normalized spacial score (nSPS) is 10.1. The summed E-state index contributed by atoms with van der Waals surface area (Å²) in [5.74, 6) is -0.142. The maximum atomic E-state index is 11.2. The van der Waals surface area contributed by atoms with E-state index in [4.69, 9.17) is 9.84 Å². The molecule has 124 valence electrons. The number of carbonyl (C=O) groups excluding carboxylic acids is 1. The summed E-state index contributed by atoms with van der Waals surface area (Å²) in [6.07, 6.45) is 9.79.